The largest absolute Gasteiger partial charge is 0.478 e. The van der Waals surface area contributed by atoms with Crippen LogP contribution in [0.2, 0.25) is 0 Å². The third-order valence-corrected chi connectivity index (χ3v) is 3.63. The number of hydrogen-bond donors (Lipinski definition) is 3. The monoisotopic (exact) mass is 307 g/mol. The van der Waals surface area contributed by atoms with Gasteiger partial charge < -0.3 is 15.7 Å². The minimum Gasteiger partial charge on any atom is -0.478 e. The number of hydrogen-bond acceptors (Lipinski definition) is 4. The van der Waals surface area contributed by atoms with Crippen molar-refractivity contribution in [2.45, 2.75) is 38.1 Å². The number of nitro benzene ring substituents is 1. The lowest BCUT2D eigenvalue weighted by Gasteiger charge is -2.23. The zero-order valence-corrected chi connectivity index (χ0v) is 11.9. The van der Waals surface area contributed by atoms with E-state index in [0.717, 1.165) is 44.2 Å². The number of benzene rings is 1. The molecule has 8 heteroatoms. The highest BCUT2D eigenvalue weighted by Crippen LogP contribution is 2.23. The first kappa shape index (κ1) is 15.7. The van der Waals surface area contributed by atoms with Crippen LogP contribution in [-0.4, -0.2) is 28.1 Å². The number of amides is 2. The minimum absolute atomic E-state index is 0.0337. The van der Waals surface area contributed by atoms with Crippen LogP contribution in [0.25, 0.3) is 0 Å². The molecule has 0 aromatic heterocycles. The molecule has 22 heavy (non-hydrogen) atoms. The summed E-state index contributed by atoms with van der Waals surface area (Å²) in [5.41, 5.74) is -0.616. The summed E-state index contributed by atoms with van der Waals surface area (Å²) in [5, 5.41) is 25.0. The smallest absolute Gasteiger partial charge is 0.338 e. The van der Waals surface area contributed by atoms with Crippen molar-refractivity contribution in [1.82, 2.24) is 5.32 Å². The second-order valence-electron chi connectivity index (χ2n) is 5.23. The number of aromatic carboxylic acids is 1. The molecule has 1 aromatic rings. The molecule has 1 aliphatic carbocycles. The van der Waals surface area contributed by atoms with E-state index >= 15 is 0 Å². The highest BCUT2D eigenvalue weighted by Gasteiger charge is 2.19. The van der Waals surface area contributed by atoms with Gasteiger partial charge in [-0.3, -0.25) is 10.1 Å². The van der Waals surface area contributed by atoms with E-state index in [9.17, 15) is 19.7 Å². The maximum absolute atomic E-state index is 11.9. The molecule has 0 bridgehead atoms. The second kappa shape index (κ2) is 6.88. The topological polar surface area (TPSA) is 122 Å². The Labute approximate surface area is 126 Å². The van der Waals surface area contributed by atoms with Crippen LogP contribution >= 0.6 is 0 Å². The molecule has 118 valence electrons. The van der Waals surface area contributed by atoms with Crippen molar-refractivity contribution in [3.63, 3.8) is 0 Å². The summed E-state index contributed by atoms with van der Waals surface area (Å²) >= 11 is 0. The first-order chi connectivity index (χ1) is 10.5. The Balaban J connectivity index is 2.09. The van der Waals surface area contributed by atoms with Gasteiger partial charge in [0.15, 0.2) is 0 Å². The van der Waals surface area contributed by atoms with E-state index in [1.807, 2.05) is 0 Å². The van der Waals surface area contributed by atoms with Gasteiger partial charge >= 0.3 is 12.0 Å². The van der Waals surface area contributed by atoms with Crippen molar-refractivity contribution in [2.75, 3.05) is 5.32 Å². The molecule has 0 aliphatic heterocycles. The molecule has 2 rings (SSSR count). The molecule has 1 saturated carbocycles. The summed E-state index contributed by atoms with van der Waals surface area (Å²) in [7, 11) is 0. The van der Waals surface area contributed by atoms with E-state index in [4.69, 9.17) is 5.11 Å². The van der Waals surface area contributed by atoms with E-state index in [1.54, 1.807) is 0 Å². The van der Waals surface area contributed by atoms with Gasteiger partial charge in [0.1, 0.15) is 0 Å². The SMILES string of the molecule is O=C(Nc1ccc([N+](=O)[O-])cc1C(=O)O)NC1CCCCC1. The second-order valence-corrected chi connectivity index (χ2v) is 5.23. The predicted octanol–water partition coefficient (Wildman–Crippen LogP) is 2.75. The van der Waals surface area contributed by atoms with Crippen LogP contribution in [0.3, 0.4) is 0 Å². The molecule has 0 spiro atoms. The van der Waals surface area contributed by atoms with E-state index in [2.05, 4.69) is 10.6 Å². The fourth-order valence-electron chi connectivity index (χ4n) is 2.52. The number of nitrogens with one attached hydrogen (secondary N) is 2. The van der Waals surface area contributed by atoms with Crippen molar-refractivity contribution < 1.29 is 19.6 Å². The van der Waals surface area contributed by atoms with Crippen molar-refractivity contribution in [3.8, 4) is 0 Å². The van der Waals surface area contributed by atoms with E-state index < -0.39 is 16.9 Å². The van der Waals surface area contributed by atoms with Gasteiger partial charge in [0, 0.05) is 18.2 Å². The lowest BCUT2D eigenvalue weighted by molar-refractivity contribution is -0.384. The summed E-state index contributed by atoms with van der Waals surface area (Å²) < 4.78 is 0. The third kappa shape index (κ3) is 3.94. The number of carbonyl (C=O) groups excluding carboxylic acids is 1. The van der Waals surface area contributed by atoms with Crippen molar-refractivity contribution >= 4 is 23.4 Å². The van der Waals surface area contributed by atoms with Gasteiger partial charge in [-0.1, -0.05) is 19.3 Å². The normalized spacial score (nSPS) is 15.1. The average Bonchev–Trinajstić information content (AvgIpc) is 2.48. The Morgan fingerprint density at radius 3 is 2.50 bits per heavy atom. The van der Waals surface area contributed by atoms with Gasteiger partial charge in [-0.05, 0) is 18.9 Å². The summed E-state index contributed by atoms with van der Waals surface area (Å²) in [4.78, 5) is 33.1. The molecule has 1 aliphatic rings. The summed E-state index contributed by atoms with van der Waals surface area (Å²) in [6.07, 6.45) is 5.08. The third-order valence-electron chi connectivity index (χ3n) is 3.63. The first-order valence-electron chi connectivity index (χ1n) is 7.06. The molecule has 0 atom stereocenters. The Bertz CT molecular complexity index is 596. The van der Waals surface area contributed by atoms with Crippen LogP contribution in [0, 0.1) is 10.1 Å². The lowest BCUT2D eigenvalue weighted by Crippen LogP contribution is -2.39. The van der Waals surface area contributed by atoms with Crippen LogP contribution < -0.4 is 10.6 Å². The number of carboxylic acid groups (broad SMARTS) is 1. The molecule has 0 radical (unpaired) electrons. The van der Waals surface area contributed by atoms with Gasteiger partial charge in [0.2, 0.25) is 0 Å². The fraction of sp³-hybridized carbons (Fsp3) is 0.429. The van der Waals surface area contributed by atoms with Gasteiger partial charge in [-0.25, -0.2) is 9.59 Å². The molecular weight excluding hydrogens is 290 g/mol. The Morgan fingerprint density at radius 2 is 1.91 bits per heavy atom. The number of carbonyl (C=O) groups is 2. The predicted molar refractivity (Wildman–Crippen MR) is 79.1 cm³/mol. The summed E-state index contributed by atoms with van der Waals surface area (Å²) in [6, 6.07) is 2.90. The lowest BCUT2D eigenvalue weighted by atomic mass is 9.96. The maximum Gasteiger partial charge on any atom is 0.338 e. The van der Waals surface area contributed by atoms with Crippen LogP contribution in [0.5, 0.6) is 0 Å². The average molecular weight is 307 g/mol. The number of nitrogens with zero attached hydrogens (tertiary/aromatic N) is 1. The molecule has 3 N–H and O–H groups in total. The van der Waals surface area contributed by atoms with Gasteiger partial charge in [0.05, 0.1) is 16.2 Å². The maximum atomic E-state index is 11.9. The van der Waals surface area contributed by atoms with E-state index in [0.29, 0.717) is 0 Å². The summed E-state index contributed by atoms with van der Waals surface area (Å²) in [5.74, 6) is -1.34. The van der Waals surface area contributed by atoms with E-state index in [-0.39, 0.29) is 23.0 Å². The number of nitro groups is 1. The number of carboxylic acids is 1. The number of rotatable bonds is 4. The molecule has 0 heterocycles. The van der Waals surface area contributed by atoms with Gasteiger partial charge in [-0.2, -0.15) is 0 Å². The van der Waals surface area contributed by atoms with Crippen molar-refractivity contribution in [2.24, 2.45) is 0 Å². The fourth-order valence-corrected chi connectivity index (χ4v) is 2.52. The molecule has 0 unspecified atom stereocenters. The molecule has 2 amide bonds. The highest BCUT2D eigenvalue weighted by atomic mass is 16.6. The quantitative estimate of drug-likeness (QED) is 0.583. The molecule has 0 saturated heterocycles. The van der Waals surface area contributed by atoms with Crippen LogP contribution in [0.15, 0.2) is 18.2 Å². The van der Waals surface area contributed by atoms with E-state index in [1.165, 1.54) is 6.07 Å². The standard InChI is InChI=1S/C14H17N3O5/c18-13(19)11-8-10(17(21)22)6-7-12(11)16-14(20)15-9-4-2-1-3-5-9/h6-9H,1-5H2,(H,18,19)(H2,15,16,20). The first-order valence-corrected chi connectivity index (χ1v) is 7.06. The Kier molecular flexibility index (Phi) is 4.92. The van der Waals surface area contributed by atoms with Gasteiger partial charge in [-0.15, -0.1) is 0 Å². The molecular formula is C14H17N3O5. The minimum atomic E-state index is -1.34. The van der Waals surface area contributed by atoms with Crippen LogP contribution in [-0.2, 0) is 0 Å². The molecule has 1 aromatic carbocycles. The molecule has 8 nitrogen and oxygen atoms in total. The number of non-ortho nitro benzene ring substituents is 1. The molecule has 1 fully saturated rings. The Morgan fingerprint density at radius 1 is 1.23 bits per heavy atom. The number of urea groups is 1. The van der Waals surface area contributed by atoms with Crippen LogP contribution in [0.4, 0.5) is 16.2 Å². The Hall–Kier alpha value is -2.64. The zero-order chi connectivity index (χ0) is 16.1. The number of anilines is 1. The van der Waals surface area contributed by atoms with Crippen molar-refractivity contribution in [3.05, 3.63) is 33.9 Å². The van der Waals surface area contributed by atoms with Crippen molar-refractivity contribution in [1.29, 1.82) is 0 Å². The highest BCUT2D eigenvalue weighted by molar-refractivity contribution is 6.00. The summed E-state index contributed by atoms with van der Waals surface area (Å²) in [6.45, 7) is 0. The van der Waals surface area contributed by atoms with Crippen LogP contribution in [0.1, 0.15) is 42.5 Å². The van der Waals surface area contributed by atoms with Gasteiger partial charge in [0.25, 0.3) is 5.69 Å². The zero-order valence-electron chi connectivity index (χ0n) is 11.9.